The van der Waals surface area contributed by atoms with Crippen LogP contribution in [0, 0.1) is 0 Å². The summed E-state index contributed by atoms with van der Waals surface area (Å²) >= 11 is 0. The molecule has 1 heterocycles. The first-order valence-electron chi connectivity index (χ1n) is 4.97. The first-order chi connectivity index (χ1) is 8.42. The number of rotatable bonds is 3. The van der Waals surface area contributed by atoms with Crippen LogP contribution in [-0.4, -0.2) is 59.8 Å². The minimum absolute atomic E-state index is 0.0263. The van der Waals surface area contributed by atoms with Crippen LogP contribution in [0.25, 0.3) is 0 Å². The quantitative estimate of drug-likeness (QED) is 0.495. The summed E-state index contributed by atoms with van der Waals surface area (Å²) < 4.78 is 4.17. The highest BCUT2D eigenvalue weighted by Gasteiger charge is 2.44. The SMILES string of the molecule is CCN1C(=O)C(=O)N(CC(=O)NC(=O)OC)C1=O. The number of urea groups is 1. The predicted molar refractivity (Wildman–Crippen MR) is 55.0 cm³/mol. The Morgan fingerprint density at radius 1 is 1.17 bits per heavy atom. The van der Waals surface area contributed by atoms with Gasteiger partial charge < -0.3 is 4.74 Å². The molecule has 0 aromatic heterocycles. The van der Waals surface area contributed by atoms with Crippen LogP contribution in [0.2, 0.25) is 0 Å². The lowest BCUT2D eigenvalue weighted by Gasteiger charge is -2.13. The monoisotopic (exact) mass is 257 g/mol. The maximum atomic E-state index is 11.6. The topological polar surface area (TPSA) is 113 Å². The molecule has 6 amide bonds. The molecule has 0 aliphatic carbocycles. The smallest absolute Gasteiger partial charge is 0.413 e. The van der Waals surface area contributed by atoms with Crippen molar-refractivity contribution in [1.82, 2.24) is 15.1 Å². The van der Waals surface area contributed by atoms with E-state index < -0.39 is 36.4 Å². The molecule has 1 rings (SSSR count). The first kappa shape index (κ1) is 13.6. The van der Waals surface area contributed by atoms with Crippen LogP contribution in [-0.2, 0) is 19.1 Å². The van der Waals surface area contributed by atoms with Crippen molar-refractivity contribution in [2.24, 2.45) is 0 Å². The molecule has 18 heavy (non-hydrogen) atoms. The fraction of sp³-hybridized carbons (Fsp3) is 0.444. The van der Waals surface area contributed by atoms with E-state index >= 15 is 0 Å². The van der Waals surface area contributed by atoms with E-state index in [9.17, 15) is 24.0 Å². The number of carbonyl (C=O) groups is 5. The van der Waals surface area contributed by atoms with E-state index in [1.54, 1.807) is 5.32 Å². The molecule has 1 N–H and O–H groups in total. The molecule has 1 saturated heterocycles. The molecule has 0 aromatic carbocycles. The van der Waals surface area contributed by atoms with Gasteiger partial charge in [-0.3, -0.25) is 24.6 Å². The number of imide groups is 3. The van der Waals surface area contributed by atoms with Crippen molar-refractivity contribution in [3.05, 3.63) is 0 Å². The summed E-state index contributed by atoms with van der Waals surface area (Å²) in [5.74, 6) is -3.01. The van der Waals surface area contributed by atoms with Gasteiger partial charge in [0.1, 0.15) is 6.54 Å². The standard InChI is InChI=1S/C9H11N3O6/c1-3-11-6(14)7(15)12(9(11)17)4-5(13)10-8(16)18-2/h3-4H2,1-2H3,(H,10,13,16). The lowest BCUT2D eigenvalue weighted by atomic mass is 10.5. The van der Waals surface area contributed by atoms with Crippen molar-refractivity contribution in [3.63, 3.8) is 0 Å². The van der Waals surface area contributed by atoms with E-state index in [4.69, 9.17) is 0 Å². The van der Waals surface area contributed by atoms with Gasteiger partial charge in [0, 0.05) is 6.54 Å². The number of carbonyl (C=O) groups excluding carboxylic acids is 5. The van der Waals surface area contributed by atoms with Gasteiger partial charge in [-0.1, -0.05) is 0 Å². The molecular formula is C9H11N3O6. The zero-order valence-electron chi connectivity index (χ0n) is 9.76. The van der Waals surface area contributed by atoms with Crippen LogP contribution < -0.4 is 5.32 Å². The van der Waals surface area contributed by atoms with Crippen molar-refractivity contribution < 1.29 is 28.7 Å². The zero-order valence-corrected chi connectivity index (χ0v) is 9.76. The highest BCUT2D eigenvalue weighted by molar-refractivity contribution is 6.45. The van der Waals surface area contributed by atoms with Crippen LogP contribution >= 0.6 is 0 Å². The summed E-state index contributed by atoms with van der Waals surface area (Å²) in [5, 5.41) is 1.77. The predicted octanol–water partition coefficient (Wildman–Crippen LogP) is -1.32. The van der Waals surface area contributed by atoms with Gasteiger partial charge in [0.2, 0.25) is 5.91 Å². The highest BCUT2D eigenvalue weighted by atomic mass is 16.5. The Bertz CT molecular complexity index is 432. The summed E-state index contributed by atoms with van der Waals surface area (Å²) in [6, 6.07) is -0.882. The summed E-state index contributed by atoms with van der Waals surface area (Å²) in [6.45, 7) is 0.828. The third-order valence-corrected chi connectivity index (χ3v) is 2.18. The molecule has 1 fully saturated rings. The van der Waals surface area contributed by atoms with Gasteiger partial charge in [-0.25, -0.2) is 14.5 Å². The second-order valence-corrected chi connectivity index (χ2v) is 3.26. The maximum absolute atomic E-state index is 11.6. The maximum Gasteiger partial charge on any atom is 0.413 e. The number of hydrogen-bond acceptors (Lipinski definition) is 6. The Morgan fingerprint density at radius 3 is 2.17 bits per heavy atom. The molecule has 1 aliphatic rings. The van der Waals surface area contributed by atoms with Gasteiger partial charge in [0.25, 0.3) is 0 Å². The number of ether oxygens (including phenoxy) is 1. The lowest BCUT2D eigenvalue weighted by molar-refractivity contribution is -0.143. The average Bonchev–Trinajstić information content (AvgIpc) is 2.53. The van der Waals surface area contributed by atoms with Crippen LogP contribution in [0.4, 0.5) is 9.59 Å². The molecule has 1 aliphatic heterocycles. The summed E-state index contributed by atoms with van der Waals surface area (Å²) in [4.78, 5) is 57.4. The van der Waals surface area contributed by atoms with Gasteiger partial charge in [-0.15, -0.1) is 0 Å². The molecule has 9 heteroatoms. The van der Waals surface area contributed by atoms with Crippen molar-refractivity contribution >= 4 is 29.8 Å². The number of alkyl carbamates (subject to hydrolysis) is 1. The van der Waals surface area contributed by atoms with E-state index in [-0.39, 0.29) is 6.54 Å². The largest absolute Gasteiger partial charge is 0.453 e. The third-order valence-electron chi connectivity index (χ3n) is 2.18. The Hall–Kier alpha value is -2.45. The molecule has 0 aromatic rings. The number of methoxy groups -OCH3 is 1. The minimum atomic E-state index is -1.10. The molecule has 0 spiro atoms. The van der Waals surface area contributed by atoms with Crippen molar-refractivity contribution in [3.8, 4) is 0 Å². The molecule has 0 bridgehead atoms. The Kier molecular flexibility index (Phi) is 3.97. The number of amides is 6. The van der Waals surface area contributed by atoms with Crippen LogP contribution in [0.5, 0.6) is 0 Å². The van der Waals surface area contributed by atoms with Crippen molar-refractivity contribution in [2.75, 3.05) is 20.2 Å². The van der Waals surface area contributed by atoms with Crippen LogP contribution in [0.1, 0.15) is 6.92 Å². The van der Waals surface area contributed by atoms with Crippen molar-refractivity contribution in [1.29, 1.82) is 0 Å². The summed E-state index contributed by atoms with van der Waals surface area (Å²) in [6.07, 6.45) is -1.02. The molecule has 0 unspecified atom stereocenters. The molecule has 0 radical (unpaired) electrons. The number of hydrogen-bond donors (Lipinski definition) is 1. The normalized spacial score (nSPS) is 15.1. The van der Waals surface area contributed by atoms with Gasteiger partial charge in [-0.05, 0) is 6.92 Å². The van der Waals surface area contributed by atoms with E-state index in [2.05, 4.69) is 4.74 Å². The third kappa shape index (κ3) is 2.44. The molecule has 98 valence electrons. The van der Waals surface area contributed by atoms with E-state index in [1.807, 2.05) is 0 Å². The highest BCUT2D eigenvalue weighted by Crippen LogP contribution is 2.10. The van der Waals surface area contributed by atoms with Crippen LogP contribution in [0.3, 0.4) is 0 Å². The first-order valence-corrected chi connectivity index (χ1v) is 4.97. The van der Waals surface area contributed by atoms with Gasteiger partial charge in [-0.2, -0.15) is 0 Å². The second kappa shape index (κ2) is 5.25. The molecule has 0 saturated carbocycles. The zero-order chi connectivity index (χ0) is 13.9. The summed E-state index contributed by atoms with van der Waals surface area (Å²) in [5.41, 5.74) is 0. The number of likely N-dealkylation sites (N-methyl/N-ethyl adjacent to an activating group) is 1. The molecule has 0 atom stereocenters. The minimum Gasteiger partial charge on any atom is -0.453 e. The van der Waals surface area contributed by atoms with Gasteiger partial charge >= 0.3 is 23.9 Å². The van der Waals surface area contributed by atoms with Crippen molar-refractivity contribution in [2.45, 2.75) is 6.92 Å². The van der Waals surface area contributed by atoms with E-state index in [1.165, 1.54) is 6.92 Å². The molecule has 9 nitrogen and oxygen atoms in total. The number of nitrogens with one attached hydrogen (secondary N) is 1. The van der Waals surface area contributed by atoms with Gasteiger partial charge in [0.15, 0.2) is 0 Å². The summed E-state index contributed by atoms with van der Waals surface area (Å²) in [7, 11) is 1.05. The molecular weight excluding hydrogens is 246 g/mol. The fourth-order valence-corrected chi connectivity index (χ4v) is 1.32. The Labute approximate surface area is 102 Å². The average molecular weight is 257 g/mol. The Balaban J connectivity index is 2.71. The van der Waals surface area contributed by atoms with Crippen LogP contribution in [0.15, 0.2) is 0 Å². The fourth-order valence-electron chi connectivity index (χ4n) is 1.32. The Morgan fingerprint density at radius 2 is 1.72 bits per heavy atom. The van der Waals surface area contributed by atoms with E-state index in [0.717, 1.165) is 7.11 Å². The number of nitrogens with zero attached hydrogens (tertiary/aromatic N) is 2. The van der Waals surface area contributed by atoms with E-state index in [0.29, 0.717) is 9.80 Å². The lowest BCUT2D eigenvalue weighted by Crippen LogP contribution is -2.43. The second-order valence-electron chi connectivity index (χ2n) is 3.26. The van der Waals surface area contributed by atoms with Gasteiger partial charge in [0.05, 0.1) is 7.11 Å².